The molecule has 1 atom stereocenters. The standard InChI is InChI=1S/C13H22N4/c1-5-11-8-12(6-2)17(16-11)10-13(4,9-14)15-7-3/h8,15H,5-7,10H2,1-4H3. The van der Waals surface area contributed by atoms with Crippen molar-refractivity contribution in [2.75, 3.05) is 6.54 Å². The van der Waals surface area contributed by atoms with E-state index in [9.17, 15) is 5.26 Å². The van der Waals surface area contributed by atoms with Gasteiger partial charge in [0, 0.05) is 5.69 Å². The minimum atomic E-state index is -0.546. The lowest BCUT2D eigenvalue weighted by atomic mass is 10.1. The number of hydrogen-bond acceptors (Lipinski definition) is 3. The van der Waals surface area contributed by atoms with E-state index in [1.807, 2.05) is 18.5 Å². The summed E-state index contributed by atoms with van der Waals surface area (Å²) in [6, 6.07) is 4.46. The fourth-order valence-electron chi connectivity index (χ4n) is 1.93. The molecule has 1 unspecified atom stereocenters. The first kappa shape index (κ1) is 13.7. The summed E-state index contributed by atoms with van der Waals surface area (Å²) in [5.74, 6) is 0. The van der Waals surface area contributed by atoms with Crippen molar-refractivity contribution in [1.82, 2.24) is 15.1 Å². The van der Waals surface area contributed by atoms with Gasteiger partial charge in [0.1, 0.15) is 5.54 Å². The lowest BCUT2D eigenvalue weighted by Crippen LogP contribution is -2.45. The molecule has 0 radical (unpaired) electrons. The van der Waals surface area contributed by atoms with Crippen molar-refractivity contribution in [3.05, 3.63) is 17.5 Å². The third-order valence-electron chi connectivity index (χ3n) is 2.92. The first-order valence-electron chi connectivity index (χ1n) is 6.30. The predicted molar refractivity (Wildman–Crippen MR) is 68.7 cm³/mol. The SMILES string of the molecule is CCNC(C)(C#N)Cn1nc(CC)cc1CC. The number of nitrogens with zero attached hydrogens (tertiary/aromatic N) is 3. The molecule has 0 aliphatic rings. The van der Waals surface area contributed by atoms with Crippen LogP contribution >= 0.6 is 0 Å². The van der Waals surface area contributed by atoms with Crippen LogP contribution in [0.3, 0.4) is 0 Å². The summed E-state index contributed by atoms with van der Waals surface area (Å²) in [6.07, 6.45) is 1.88. The van der Waals surface area contributed by atoms with Crippen LogP contribution in [0.15, 0.2) is 6.07 Å². The highest BCUT2D eigenvalue weighted by Crippen LogP contribution is 2.12. The number of likely N-dealkylation sites (N-methyl/N-ethyl adjacent to an activating group) is 1. The summed E-state index contributed by atoms with van der Waals surface area (Å²) >= 11 is 0. The second-order valence-corrected chi connectivity index (χ2v) is 4.47. The largest absolute Gasteiger partial charge is 0.298 e. The first-order chi connectivity index (χ1) is 8.08. The van der Waals surface area contributed by atoms with Gasteiger partial charge in [-0.25, -0.2) is 0 Å². The third kappa shape index (κ3) is 3.31. The van der Waals surface area contributed by atoms with Gasteiger partial charge in [-0.15, -0.1) is 0 Å². The van der Waals surface area contributed by atoms with Crippen LogP contribution in [0.4, 0.5) is 0 Å². The molecule has 0 bridgehead atoms. The molecule has 0 amide bonds. The number of aryl methyl sites for hydroxylation is 2. The van der Waals surface area contributed by atoms with Crippen molar-refractivity contribution in [2.24, 2.45) is 0 Å². The molecule has 0 saturated heterocycles. The summed E-state index contributed by atoms with van der Waals surface area (Å²) in [7, 11) is 0. The number of nitriles is 1. The molecule has 17 heavy (non-hydrogen) atoms. The number of hydrogen-bond donors (Lipinski definition) is 1. The average Bonchev–Trinajstić information content (AvgIpc) is 2.71. The van der Waals surface area contributed by atoms with E-state index in [0.717, 1.165) is 25.1 Å². The van der Waals surface area contributed by atoms with Crippen LogP contribution in [-0.4, -0.2) is 21.9 Å². The van der Waals surface area contributed by atoms with Gasteiger partial charge in [-0.2, -0.15) is 10.4 Å². The fourth-order valence-corrected chi connectivity index (χ4v) is 1.93. The van der Waals surface area contributed by atoms with Crippen molar-refractivity contribution in [1.29, 1.82) is 5.26 Å². The van der Waals surface area contributed by atoms with Crippen molar-refractivity contribution in [2.45, 2.75) is 52.6 Å². The van der Waals surface area contributed by atoms with Gasteiger partial charge in [-0.1, -0.05) is 20.8 Å². The number of aromatic nitrogens is 2. The zero-order valence-corrected chi connectivity index (χ0v) is 11.2. The van der Waals surface area contributed by atoms with Crippen LogP contribution in [0.25, 0.3) is 0 Å². The summed E-state index contributed by atoms with van der Waals surface area (Å²) in [5, 5.41) is 17.0. The van der Waals surface area contributed by atoms with Crippen molar-refractivity contribution >= 4 is 0 Å². The molecule has 0 saturated carbocycles. The van der Waals surface area contributed by atoms with Crippen molar-refractivity contribution in [3.8, 4) is 6.07 Å². The molecule has 0 fully saturated rings. The smallest absolute Gasteiger partial charge is 0.123 e. The van der Waals surface area contributed by atoms with Gasteiger partial charge in [-0.05, 0) is 32.4 Å². The molecule has 0 spiro atoms. The van der Waals surface area contributed by atoms with Crippen LogP contribution < -0.4 is 5.32 Å². The van der Waals surface area contributed by atoms with E-state index in [1.165, 1.54) is 5.69 Å². The Morgan fingerprint density at radius 3 is 2.59 bits per heavy atom. The van der Waals surface area contributed by atoms with Crippen LogP contribution in [0.1, 0.15) is 39.1 Å². The molecular formula is C13H22N4. The normalized spacial score (nSPS) is 14.3. The highest BCUT2D eigenvalue weighted by Gasteiger charge is 2.24. The zero-order valence-electron chi connectivity index (χ0n) is 11.2. The lowest BCUT2D eigenvalue weighted by Gasteiger charge is -2.23. The Morgan fingerprint density at radius 1 is 1.41 bits per heavy atom. The van der Waals surface area contributed by atoms with E-state index in [1.54, 1.807) is 0 Å². The highest BCUT2D eigenvalue weighted by atomic mass is 15.3. The van der Waals surface area contributed by atoms with Crippen LogP contribution in [0.2, 0.25) is 0 Å². The molecule has 1 aromatic rings. The zero-order chi connectivity index (χ0) is 12.9. The van der Waals surface area contributed by atoms with Crippen LogP contribution in [0, 0.1) is 11.3 Å². The van der Waals surface area contributed by atoms with Gasteiger partial charge >= 0.3 is 0 Å². The fraction of sp³-hybridized carbons (Fsp3) is 0.692. The molecule has 94 valence electrons. The van der Waals surface area contributed by atoms with Gasteiger partial charge < -0.3 is 0 Å². The van der Waals surface area contributed by atoms with E-state index in [4.69, 9.17) is 0 Å². The molecule has 1 rings (SSSR count). The maximum atomic E-state index is 9.25. The second-order valence-electron chi connectivity index (χ2n) is 4.47. The molecule has 1 aromatic heterocycles. The van der Waals surface area contributed by atoms with Crippen LogP contribution in [0.5, 0.6) is 0 Å². The van der Waals surface area contributed by atoms with E-state index in [-0.39, 0.29) is 0 Å². The third-order valence-corrected chi connectivity index (χ3v) is 2.92. The van der Waals surface area contributed by atoms with Gasteiger partial charge in [0.05, 0.1) is 18.3 Å². The number of nitrogens with one attached hydrogen (secondary N) is 1. The quantitative estimate of drug-likeness (QED) is 0.818. The van der Waals surface area contributed by atoms with Gasteiger partial charge in [0.15, 0.2) is 0 Å². The Kier molecular flexibility index (Phi) is 4.71. The maximum Gasteiger partial charge on any atom is 0.123 e. The number of rotatable bonds is 6. The Balaban J connectivity index is 2.93. The van der Waals surface area contributed by atoms with Gasteiger partial charge in [0.25, 0.3) is 0 Å². The van der Waals surface area contributed by atoms with E-state index in [0.29, 0.717) is 6.54 Å². The Labute approximate surface area is 104 Å². The topological polar surface area (TPSA) is 53.6 Å². The minimum absolute atomic E-state index is 0.546. The molecule has 4 nitrogen and oxygen atoms in total. The Morgan fingerprint density at radius 2 is 2.12 bits per heavy atom. The second kappa shape index (κ2) is 5.83. The van der Waals surface area contributed by atoms with E-state index < -0.39 is 5.54 Å². The summed E-state index contributed by atoms with van der Waals surface area (Å²) in [5.41, 5.74) is 1.75. The maximum absolute atomic E-state index is 9.25. The van der Waals surface area contributed by atoms with Crippen molar-refractivity contribution in [3.63, 3.8) is 0 Å². The summed E-state index contributed by atoms with van der Waals surface area (Å²) in [4.78, 5) is 0. The lowest BCUT2D eigenvalue weighted by molar-refractivity contribution is 0.371. The van der Waals surface area contributed by atoms with E-state index in [2.05, 4.69) is 36.4 Å². The molecular weight excluding hydrogens is 212 g/mol. The van der Waals surface area contributed by atoms with Crippen LogP contribution in [-0.2, 0) is 19.4 Å². The van der Waals surface area contributed by atoms with Crippen molar-refractivity contribution < 1.29 is 0 Å². The highest BCUT2D eigenvalue weighted by molar-refractivity contribution is 5.13. The monoisotopic (exact) mass is 234 g/mol. The first-order valence-corrected chi connectivity index (χ1v) is 6.30. The van der Waals surface area contributed by atoms with E-state index >= 15 is 0 Å². The van der Waals surface area contributed by atoms with Gasteiger partial charge in [-0.3, -0.25) is 10.00 Å². The molecule has 0 aromatic carbocycles. The summed E-state index contributed by atoms with van der Waals surface area (Å²) in [6.45, 7) is 9.53. The minimum Gasteiger partial charge on any atom is -0.298 e. The molecule has 0 aliphatic heterocycles. The molecule has 1 N–H and O–H groups in total. The Hall–Kier alpha value is -1.34. The molecule has 4 heteroatoms. The molecule has 1 heterocycles. The molecule has 0 aliphatic carbocycles. The Bertz CT molecular complexity index is 402. The predicted octanol–water partition coefficient (Wildman–Crippen LogP) is 1.90. The van der Waals surface area contributed by atoms with Gasteiger partial charge in [0.2, 0.25) is 0 Å². The summed E-state index contributed by atoms with van der Waals surface area (Å²) < 4.78 is 1.96. The average molecular weight is 234 g/mol.